The van der Waals surface area contributed by atoms with Gasteiger partial charge in [0.25, 0.3) is 0 Å². The van der Waals surface area contributed by atoms with Crippen molar-refractivity contribution in [1.82, 2.24) is 4.98 Å². The summed E-state index contributed by atoms with van der Waals surface area (Å²) in [5.74, 6) is 1.38. The van der Waals surface area contributed by atoms with Gasteiger partial charge in [-0.25, -0.2) is 9.78 Å². The number of rotatable bonds is 3. The molecular weight excluding hydrogens is 286 g/mol. The monoisotopic (exact) mass is 301 g/mol. The summed E-state index contributed by atoms with van der Waals surface area (Å²) < 4.78 is 10.7. The lowest BCUT2D eigenvalue weighted by atomic mass is 9.97. The summed E-state index contributed by atoms with van der Waals surface area (Å²) in [6.07, 6.45) is 7.33. The van der Waals surface area contributed by atoms with Gasteiger partial charge in [0.2, 0.25) is 0 Å². The van der Waals surface area contributed by atoms with Crippen molar-refractivity contribution in [2.24, 2.45) is 0 Å². The molecule has 1 aliphatic rings. The number of hydrogen-bond acceptors (Lipinski definition) is 5. The predicted octanol–water partition coefficient (Wildman–Crippen LogP) is 3.51. The summed E-state index contributed by atoms with van der Waals surface area (Å²) in [7, 11) is 0. The summed E-state index contributed by atoms with van der Waals surface area (Å²) >= 11 is 1.66. The molecule has 0 atom stereocenters. The Morgan fingerprint density at radius 2 is 2.14 bits per heavy atom. The van der Waals surface area contributed by atoms with Gasteiger partial charge in [0, 0.05) is 17.7 Å². The minimum Gasteiger partial charge on any atom is -0.469 e. The number of aromatic nitrogens is 1. The van der Waals surface area contributed by atoms with E-state index in [0.29, 0.717) is 18.7 Å². The van der Waals surface area contributed by atoms with Crippen LogP contribution in [-0.4, -0.2) is 4.98 Å². The van der Waals surface area contributed by atoms with Crippen LogP contribution < -0.4 is 5.63 Å². The van der Waals surface area contributed by atoms with Gasteiger partial charge >= 0.3 is 5.63 Å². The highest BCUT2D eigenvalue weighted by atomic mass is 32.1. The summed E-state index contributed by atoms with van der Waals surface area (Å²) in [4.78, 5) is 19.0. The smallest absolute Gasteiger partial charge is 0.348 e. The van der Waals surface area contributed by atoms with E-state index in [0.717, 1.165) is 35.2 Å². The van der Waals surface area contributed by atoms with Crippen LogP contribution in [0.15, 0.2) is 32.0 Å². The van der Waals surface area contributed by atoms with Crippen molar-refractivity contribution in [2.45, 2.75) is 38.5 Å². The Hall–Kier alpha value is -1.88. The van der Waals surface area contributed by atoms with Crippen LogP contribution in [0.3, 0.4) is 0 Å². The van der Waals surface area contributed by atoms with Crippen molar-refractivity contribution in [2.75, 3.05) is 0 Å². The van der Waals surface area contributed by atoms with Crippen molar-refractivity contribution in [3.05, 3.63) is 50.9 Å². The van der Waals surface area contributed by atoms with Gasteiger partial charge < -0.3 is 8.83 Å². The van der Waals surface area contributed by atoms with E-state index in [2.05, 4.69) is 4.98 Å². The molecule has 0 saturated heterocycles. The Labute approximate surface area is 125 Å². The molecular formula is C16H15NO3S. The van der Waals surface area contributed by atoms with Crippen molar-refractivity contribution in [1.29, 1.82) is 0 Å². The van der Waals surface area contributed by atoms with Crippen LogP contribution in [0.2, 0.25) is 0 Å². The third kappa shape index (κ3) is 2.31. The molecule has 4 nitrogen and oxygen atoms in total. The number of nitrogens with zero attached hydrogens (tertiary/aromatic N) is 1. The molecule has 0 radical (unpaired) electrons. The Morgan fingerprint density at radius 3 is 3.00 bits per heavy atom. The fourth-order valence-electron chi connectivity index (χ4n) is 2.93. The van der Waals surface area contributed by atoms with Crippen LogP contribution in [-0.2, 0) is 25.7 Å². The number of thiophene rings is 1. The normalized spacial score (nSPS) is 14.5. The van der Waals surface area contributed by atoms with Crippen molar-refractivity contribution < 1.29 is 8.83 Å². The van der Waals surface area contributed by atoms with E-state index in [-0.39, 0.29) is 5.63 Å². The SMILES string of the molecule is O=c1oc(CCc2ccco2)nc2sc3c(c12)CCCC3. The van der Waals surface area contributed by atoms with Gasteiger partial charge in [-0.3, -0.25) is 0 Å². The lowest BCUT2D eigenvalue weighted by Crippen LogP contribution is -2.08. The number of aryl methyl sites for hydroxylation is 4. The van der Waals surface area contributed by atoms with Gasteiger partial charge in [-0.2, -0.15) is 0 Å². The summed E-state index contributed by atoms with van der Waals surface area (Å²) in [6.45, 7) is 0. The maximum Gasteiger partial charge on any atom is 0.348 e. The highest BCUT2D eigenvalue weighted by Crippen LogP contribution is 2.33. The van der Waals surface area contributed by atoms with Gasteiger partial charge in [-0.05, 0) is 43.4 Å². The molecule has 3 aromatic rings. The second kappa shape index (κ2) is 5.15. The van der Waals surface area contributed by atoms with Crippen LogP contribution in [0.4, 0.5) is 0 Å². The molecule has 108 valence electrons. The maximum absolute atomic E-state index is 12.3. The quantitative estimate of drug-likeness (QED) is 0.743. The Bertz CT molecular complexity index is 829. The van der Waals surface area contributed by atoms with Gasteiger partial charge in [-0.15, -0.1) is 11.3 Å². The molecule has 0 fully saturated rings. The molecule has 0 N–H and O–H groups in total. The number of fused-ring (bicyclic) bond motifs is 3. The largest absolute Gasteiger partial charge is 0.469 e. The first-order valence-corrected chi connectivity index (χ1v) is 8.09. The fourth-order valence-corrected chi connectivity index (χ4v) is 4.19. The highest BCUT2D eigenvalue weighted by molar-refractivity contribution is 7.18. The summed E-state index contributed by atoms with van der Waals surface area (Å²) in [5, 5.41) is 0.719. The molecule has 21 heavy (non-hydrogen) atoms. The zero-order chi connectivity index (χ0) is 14.2. The van der Waals surface area contributed by atoms with Gasteiger partial charge in [0.1, 0.15) is 16.0 Å². The van der Waals surface area contributed by atoms with E-state index in [9.17, 15) is 4.79 Å². The fraction of sp³-hybridized carbons (Fsp3) is 0.375. The molecule has 0 bridgehead atoms. The summed E-state index contributed by atoms with van der Waals surface area (Å²) in [6, 6.07) is 3.77. The second-order valence-corrected chi connectivity index (χ2v) is 6.45. The Kier molecular flexibility index (Phi) is 3.15. The first kappa shape index (κ1) is 12.8. The molecule has 0 amide bonds. The van der Waals surface area contributed by atoms with E-state index >= 15 is 0 Å². The second-order valence-electron chi connectivity index (χ2n) is 5.37. The number of hydrogen-bond donors (Lipinski definition) is 0. The molecule has 3 heterocycles. The van der Waals surface area contributed by atoms with Gasteiger partial charge in [0.15, 0.2) is 5.89 Å². The minimum absolute atomic E-state index is 0.228. The van der Waals surface area contributed by atoms with E-state index in [1.54, 1.807) is 17.6 Å². The van der Waals surface area contributed by atoms with Crippen molar-refractivity contribution in [3.63, 3.8) is 0 Å². The maximum atomic E-state index is 12.3. The third-order valence-corrected chi connectivity index (χ3v) is 5.14. The molecule has 0 aliphatic heterocycles. The van der Waals surface area contributed by atoms with Crippen LogP contribution in [0.25, 0.3) is 10.2 Å². The molecule has 3 aromatic heterocycles. The Balaban J connectivity index is 1.70. The average molecular weight is 301 g/mol. The molecule has 5 heteroatoms. The Morgan fingerprint density at radius 1 is 1.24 bits per heavy atom. The molecule has 0 aromatic carbocycles. The van der Waals surface area contributed by atoms with Crippen LogP contribution >= 0.6 is 11.3 Å². The molecule has 0 saturated carbocycles. The molecule has 1 aliphatic carbocycles. The van der Waals surface area contributed by atoms with Crippen molar-refractivity contribution >= 4 is 21.6 Å². The topological polar surface area (TPSA) is 56.2 Å². The standard InChI is InChI=1S/C16H15NO3S/c18-16-14-11-5-1-2-6-12(11)21-15(14)17-13(20-16)8-7-10-4-3-9-19-10/h3-4,9H,1-2,5-8H2. The van der Waals surface area contributed by atoms with Crippen molar-refractivity contribution in [3.8, 4) is 0 Å². The van der Waals surface area contributed by atoms with E-state index in [4.69, 9.17) is 8.83 Å². The molecule has 0 unspecified atom stereocenters. The van der Waals surface area contributed by atoms with Gasteiger partial charge in [-0.1, -0.05) is 0 Å². The first-order chi connectivity index (χ1) is 10.3. The first-order valence-electron chi connectivity index (χ1n) is 7.28. The third-order valence-electron chi connectivity index (χ3n) is 3.96. The zero-order valence-corrected chi connectivity index (χ0v) is 12.4. The predicted molar refractivity (Wildman–Crippen MR) is 80.9 cm³/mol. The van der Waals surface area contributed by atoms with Crippen LogP contribution in [0, 0.1) is 0 Å². The molecule has 0 spiro atoms. The lowest BCUT2D eigenvalue weighted by Gasteiger charge is -2.09. The van der Waals surface area contributed by atoms with E-state index < -0.39 is 0 Å². The number of furan rings is 1. The molecule has 4 rings (SSSR count). The van der Waals surface area contributed by atoms with E-state index in [1.807, 2.05) is 12.1 Å². The minimum atomic E-state index is -0.228. The summed E-state index contributed by atoms with van der Waals surface area (Å²) in [5.41, 5.74) is 0.953. The van der Waals surface area contributed by atoms with Crippen LogP contribution in [0.1, 0.15) is 34.9 Å². The lowest BCUT2D eigenvalue weighted by molar-refractivity contribution is 0.430. The van der Waals surface area contributed by atoms with E-state index in [1.165, 1.54) is 16.9 Å². The highest BCUT2D eigenvalue weighted by Gasteiger charge is 2.20. The average Bonchev–Trinajstić information content (AvgIpc) is 3.12. The van der Waals surface area contributed by atoms with Gasteiger partial charge in [0.05, 0.1) is 6.26 Å². The van der Waals surface area contributed by atoms with Crippen LogP contribution in [0.5, 0.6) is 0 Å². The zero-order valence-electron chi connectivity index (χ0n) is 11.6.